The third kappa shape index (κ3) is 5.55. The molecule has 1 unspecified atom stereocenters. The molecular formula is C10H20N2O4. The molecule has 2 amide bonds. The summed E-state index contributed by atoms with van der Waals surface area (Å²) in [5.74, 6) is -0.897. The second-order valence-electron chi connectivity index (χ2n) is 4.04. The van der Waals surface area contributed by atoms with Crippen molar-refractivity contribution in [1.82, 2.24) is 10.2 Å². The van der Waals surface area contributed by atoms with Crippen molar-refractivity contribution in [3.8, 4) is 0 Å². The van der Waals surface area contributed by atoms with Crippen LogP contribution in [0.15, 0.2) is 0 Å². The molecule has 94 valence electrons. The van der Waals surface area contributed by atoms with Crippen LogP contribution in [0.5, 0.6) is 0 Å². The molecule has 0 aromatic carbocycles. The average molecular weight is 232 g/mol. The van der Waals surface area contributed by atoms with Gasteiger partial charge in [0.15, 0.2) is 0 Å². The number of likely N-dealkylation sites (N-methyl/N-ethyl adjacent to an activating group) is 1. The van der Waals surface area contributed by atoms with E-state index in [1.54, 1.807) is 7.05 Å². The molecule has 0 aromatic heterocycles. The third-order valence-corrected chi connectivity index (χ3v) is 2.29. The number of rotatable bonds is 6. The van der Waals surface area contributed by atoms with Crippen LogP contribution in [0.2, 0.25) is 0 Å². The predicted molar refractivity (Wildman–Crippen MR) is 59.1 cm³/mol. The Hall–Kier alpha value is -1.30. The van der Waals surface area contributed by atoms with E-state index in [-0.39, 0.29) is 31.5 Å². The molecule has 0 radical (unpaired) electrons. The molecule has 3 N–H and O–H groups in total. The lowest BCUT2D eigenvalue weighted by atomic mass is 10.0. The first-order chi connectivity index (χ1) is 7.38. The Balaban J connectivity index is 4.28. The summed E-state index contributed by atoms with van der Waals surface area (Å²) in [5.41, 5.74) is 0. The van der Waals surface area contributed by atoms with Crippen LogP contribution in [0, 0.1) is 5.92 Å². The zero-order valence-corrected chi connectivity index (χ0v) is 9.93. The number of carbonyl (C=O) groups is 2. The summed E-state index contributed by atoms with van der Waals surface area (Å²) in [7, 11) is 1.55. The normalized spacial score (nSPS) is 12.3. The highest BCUT2D eigenvalue weighted by Gasteiger charge is 2.20. The van der Waals surface area contributed by atoms with E-state index >= 15 is 0 Å². The van der Waals surface area contributed by atoms with E-state index in [4.69, 9.17) is 10.2 Å². The van der Waals surface area contributed by atoms with E-state index in [0.29, 0.717) is 0 Å². The number of hydrogen-bond donors (Lipinski definition) is 3. The number of urea groups is 1. The van der Waals surface area contributed by atoms with Gasteiger partial charge in [-0.3, -0.25) is 4.79 Å². The molecule has 16 heavy (non-hydrogen) atoms. The van der Waals surface area contributed by atoms with Crippen LogP contribution in [0.1, 0.15) is 20.3 Å². The van der Waals surface area contributed by atoms with Crippen LogP contribution in [0.25, 0.3) is 0 Å². The van der Waals surface area contributed by atoms with Crippen molar-refractivity contribution in [2.24, 2.45) is 5.92 Å². The van der Waals surface area contributed by atoms with Crippen molar-refractivity contribution in [3.05, 3.63) is 0 Å². The van der Waals surface area contributed by atoms with Crippen molar-refractivity contribution < 1.29 is 19.8 Å². The van der Waals surface area contributed by atoms with Gasteiger partial charge in [-0.25, -0.2) is 4.79 Å². The fourth-order valence-electron chi connectivity index (χ4n) is 1.16. The van der Waals surface area contributed by atoms with Crippen LogP contribution >= 0.6 is 0 Å². The van der Waals surface area contributed by atoms with Crippen LogP contribution in [0.3, 0.4) is 0 Å². The van der Waals surface area contributed by atoms with Gasteiger partial charge < -0.3 is 20.4 Å². The first kappa shape index (κ1) is 14.7. The van der Waals surface area contributed by atoms with Crippen LogP contribution < -0.4 is 5.32 Å². The van der Waals surface area contributed by atoms with Crippen molar-refractivity contribution in [3.63, 3.8) is 0 Å². The fraction of sp³-hybridized carbons (Fsp3) is 0.800. The summed E-state index contributed by atoms with van der Waals surface area (Å²) in [6.07, 6.45) is -0.101. The second kappa shape index (κ2) is 7.05. The summed E-state index contributed by atoms with van der Waals surface area (Å²) in [4.78, 5) is 23.4. The van der Waals surface area contributed by atoms with Gasteiger partial charge in [-0.05, 0) is 5.92 Å². The number of hydrogen-bond acceptors (Lipinski definition) is 3. The van der Waals surface area contributed by atoms with E-state index in [9.17, 15) is 9.59 Å². The van der Waals surface area contributed by atoms with Crippen LogP contribution in [-0.2, 0) is 4.79 Å². The maximum absolute atomic E-state index is 11.5. The molecule has 0 saturated carbocycles. The summed E-state index contributed by atoms with van der Waals surface area (Å²) >= 11 is 0. The molecule has 6 heteroatoms. The maximum Gasteiger partial charge on any atom is 0.317 e. The number of amides is 2. The number of nitrogens with one attached hydrogen (secondary N) is 1. The highest BCUT2D eigenvalue weighted by molar-refractivity contribution is 5.75. The number of carboxylic acid groups (broad SMARTS) is 1. The minimum atomic E-state index is -0.941. The zero-order chi connectivity index (χ0) is 12.7. The molecule has 0 bridgehead atoms. The summed E-state index contributed by atoms with van der Waals surface area (Å²) < 4.78 is 0. The Kier molecular flexibility index (Phi) is 6.48. The standard InChI is InChI=1S/C10H20N2O4/c1-7(2)8(6-9(14)15)11-10(16)12(3)4-5-13/h7-8,13H,4-6H2,1-3H3,(H,11,16)(H,14,15). The largest absolute Gasteiger partial charge is 0.481 e. The lowest BCUT2D eigenvalue weighted by molar-refractivity contribution is -0.137. The summed E-state index contributed by atoms with van der Waals surface area (Å²) in [5, 5.41) is 20.0. The smallest absolute Gasteiger partial charge is 0.317 e. The molecule has 6 nitrogen and oxygen atoms in total. The quantitative estimate of drug-likeness (QED) is 0.606. The van der Waals surface area contributed by atoms with Gasteiger partial charge in [-0.1, -0.05) is 13.8 Å². The lowest BCUT2D eigenvalue weighted by Gasteiger charge is -2.24. The highest BCUT2D eigenvalue weighted by atomic mass is 16.4. The lowest BCUT2D eigenvalue weighted by Crippen LogP contribution is -2.46. The van der Waals surface area contributed by atoms with E-state index in [0.717, 1.165) is 0 Å². The Morgan fingerprint density at radius 2 is 1.94 bits per heavy atom. The number of aliphatic hydroxyl groups excluding tert-OH is 1. The third-order valence-electron chi connectivity index (χ3n) is 2.29. The minimum Gasteiger partial charge on any atom is -0.481 e. The summed E-state index contributed by atoms with van der Waals surface area (Å²) in [6, 6.07) is -0.764. The Morgan fingerprint density at radius 3 is 2.31 bits per heavy atom. The molecule has 0 saturated heterocycles. The Bertz CT molecular complexity index is 243. The number of carboxylic acids is 1. The molecule has 0 aliphatic rings. The fourth-order valence-corrected chi connectivity index (χ4v) is 1.16. The molecule has 0 spiro atoms. The molecule has 0 heterocycles. The Morgan fingerprint density at radius 1 is 1.38 bits per heavy atom. The molecule has 0 aliphatic carbocycles. The molecule has 1 atom stereocenters. The van der Waals surface area contributed by atoms with Gasteiger partial charge in [0.1, 0.15) is 0 Å². The number of aliphatic carboxylic acids is 1. The topological polar surface area (TPSA) is 89.9 Å². The Labute approximate surface area is 95.2 Å². The number of carbonyl (C=O) groups excluding carboxylic acids is 1. The number of nitrogens with zero attached hydrogens (tertiary/aromatic N) is 1. The maximum atomic E-state index is 11.5. The van der Waals surface area contributed by atoms with Crippen LogP contribution in [-0.4, -0.2) is 53.4 Å². The zero-order valence-electron chi connectivity index (χ0n) is 9.93. The minimum absolute atomic E-state index is 0.0441. The van der Waals surface area contributed by atoms with Gasteiger partial charge in [0.05, 0.1) is 13.0 Å². The number of aliphatic hydroxyl groups is 1. The van der Waals surface area contributed by atoms with E-state index in [1.165, 1.54) is 4.90 Å². The summed E-state index contributed by atoms with van der Waals surface area (Å²) in [6.45, 7) is 3.80. The van der Waals surface area contributed by atoms with E-state index in [1.807, 2.05) is 13.8 Å². The average Bonchev–Trinajstić information content (AvgIpc) is 2.16. The van der Waals surface area contributed by atoms with Crippen molar-refractivity contribution in [2.75, 3.05) is 20.2 Å². The predicted octanol–water partition coefficient (Wildman–Crippen LogP) is 0.119. The molecular weight excluding hydrogens is 212 g/mol. The SMILES string of the molecule is CC(C)C(CC(=O)O)NC(=O)N(C)CCO. The van der Waals surface area contributed by atoms with Gasteiger partial charge in [-0.15, -0.1) is 0 Å². The van der Waals surface area contributed by atoms with Gasteiger partial charge in [0.2, 0.25) is 0 Å². The van der Waals surface area contributed by atoms with Crippen molar-refractivity contribution >= 4 is 12.0 Å². The van der Waals surface area contributed by atoms with Crippen molar-refractivity contribution in [1.29, 1.82) is 0 Å². The van der Waals surface area contributed by atoms with E-state index < -0.39 is 12.0 Å². The first-order valence-corrected chi connectivity index (χ1v) is 5.22. The second-order valence-corrected chi connectivity index (χ2v) is 4.04. The van der Waals surface area contributed by atoms with Gasteiger partial charge in [0.25, 0.3) is 0 Å². The molecule has 0 rings (SSSR count). The van der Waals surface area contributed by atoms with Crippen molar-refractivity contribution in [2.45, 2.75) is 26.3 Å². The highest BCUT2D eigenvalue weighted by Crippen LogP contribution is 2.06. The molecule has 0 aromatic rings. The van der Waals surface area contributed by atoms with Gasteiger partial charge in [0, 0.05) is 19.6 Å². The van der Waals surface area contributed by atoms with Gasteiger partial charge in [-0.2, -0.15) is 0 Å². The first-order valence-electron chi connectivity index (χ1n) is 5.22. The molecule has 0 fully saturated rings. The monoisotopic (exact) mass is 232 g/mol. The van der Waals surface area contributed by atoms with Crippen LogP contribution in [0.4, 0.5) is 4.79 Å². The van der Waals surface area contributed by atoms with Gasteiger partial charge >= 0.3 is 12.0 Å². The molecule has 0 aliphatic heterocycles. The van der Waals surface area contributed by atoms with E-state index in [2.05, 4.69) is 5.32 Å².